The van der Waals surface area contributed by atoms with Gasteiger partial charge in [0, 0.05) is 17.0 Å². The van der Waals surface area contributed by atoms with Crippen LogP contribution in [0.5, 0.6) is 0 Å². The lowest BCUT2D eigenvalue weighted by atomic mass is 9.62. The first-order valence-electron chi connectivity index (χ1n) is 13.1. The van der Waals surface area contributed by atoms with E-state index in [1.165, 1.54) is 49.9 Å². The molecule has 0 fully saturated rings. The van der Waals surface area contributed by atoms with Crippen molar-refractivity contribution in [2.24, 2.45) is 11.8 Å². The molecule has 0 bridgehead atoms. The Morgan fingerprint density at radius 3 is 2.33 bits per heavy atom. The smallest absolute Gasteiger partial charge is 0.0749 e. The quantitative estimate of drug-likeness (QED) is 0.428. The van der Waals surface area contributed by atoms with Gasteiger partial charge in [-0.25, -0.2) is 0 Å². The summed E-state index contributed by atoms with van der Waals surface area (Å²) in [5.74, 6) is 1.36. The van der Waals surface area contributed by atoms with E-state index in [9.17, 15) is 0 Å². The van der Waals surface area contributed by atoms with Gasteiger partial charge >= 0.3 is 0 Å². The number of hydrogen-bond donors (Lipinski definition) is 0. The van der Waals surface area contributed by atoms with Crippen LogP contribution in [0.25, 0.3) is 16.3 Å². The molecule has 0 amide bonds. The van der Waals surface area contributed by atoms with Crippen molar-refractivity contribution >= 4 is 16.3 Å². The highest BCUT2D eigenvalue weighted by Gasteiger charge is 2.40. The Hall–Kier alpha value is -2.15. The number of benzene rings is 1. The van der Waals surface area contributed by atoms with Gasteiger partial charge in [0.2, 0.25) is 0 Å². The van der Waals surface area contributed by atoms with Gasteiger partial charge in [0.1, 0.15) is 0 Å². The number of aryl methyl sites for hydroxylation is 2. The molecule has 180 valence electrons. The van der Waals surface area contributed by atoms with Crippen LogP contribution < -0.4 is 0 Å². The maximum Gasteiger partial charge on any atom is 0.0749 e. The van der Waals surface area contributed by atoms with E-state index in [1.807, 2.05) is 20.0 Å². The molecular formula is C32H47N. The first kappa shape index (κ1) is 27.1. The van der Waals surface area contributed by atoms with Gasteiger partial charge in [0.25, 0.3) is 0 Å². The lowest BCUT2D eigenvalue weighted by Gasteiger charge is -2.42. The highest BCUT2D eigenvalue weighted by molar-refractivity contribution is 6.02. The molecule has 0 radical (unpaired) electrons. The molecule has 1 heterocycles. The summed E-state index contributed by atoms with van der Waals surface area (Å²) in [5.41, 5.74) is 9.92. The molecule has 1 atom stereocenters. The van der Waals surface area contributed by atoms with E-state index in [-0.39, 0.29) is 5.41 Å². The standard InChI is InChI=1S/C26H31N.C4H10.C2H6/c1-7-8-9-10-19-12-11-16(2)24-22(19)25-23-20(13-14-27-25)18(4)17(3)15-21(23)26(24,5)6;1-4(2)3;1-2/h8-9,11,13-15,19H,7,10,12H2,1-6H3;4H,1-3H3;1-2H3. The number of fused-ring (bicyclic) bond motifs is 1. The monoisotopic (exact) mass is 445 g/mol. The Morgan fingerprint density at radius 2 is 1.73 bits per heavy atom. The molecule has 33 heavy (non-hydrogen) atoms. The second-order valence-corrected chi connectivity index (χ2v) is 10.5. The maximum absolute atomic E-state index is 4.96. The van der Waals surface area contributed by atoms with Crippen molar-refractivity contribution in [2.45, 2.75) is 101 Å². The molecule has 2 aliphatic rings. The predicted molar refractivity (Wildman–Crippen MR) is 149 cm³/mol. The Balaban J connectivity index is 0.000000582. The van der Waals surface area contributed by atoms with Crippen LogP contribution in [0.1, 0.15) is 104 Å². The fourth-order valence-electron chi connectivity index (χ4n) is 5.23. The van der Waals surface area contributed by atoms with Crippen LogP contribution in [0, 0.1) is 25.7 Å². The summed E-state index contributed by atoms with van der Waals surface area (Å²) in [6.45, 7) is 24.3. The molecule has 0 saturated carbocycles. The van der Waals surface area contributed by atoms with Crippen LogP contribution in [-0.2, 0) is 5.41 Å². The van der Waals surface area contributed by atoms with Gasteiger partial charge in [-0.1, -0.05) is 85.3 Å². The second-order valence-electron chi connectivity index (χ2n) is 10.5. The van der Waals surface area contributed by atoms with Crippen LogP contribution >= 0.6 is 0 Å². The molecule has 0 spiro atoms. The SMILES string of the molecule is CC.CC(C)C.CCC=CCC1CC=C(C)C2=C1c1nccc3c(C)c(C)cc(c13)C2(C)C. The average molecular weight is 446 g/mol. The molecule has 1 nitrogen and oxygen atoms in total. The minimum Gasteiger partial charge on any atom is -0.256 e. The number of rotatable bonds is 3. The Labute approximate surface area is 204 Å². The van der Waals surface area contributed by atoms with Gasteiger partial charge in [-0.15, -0.1) is 0 Å². The van der Waals surface area contributed by atoms with E-state index in [4.69, 9.17) is 4.98 Å². The number of allylic oxidation sites excluding steroid dienone is 6. The molecule has 1 heteroatoms. The van der Waals surface area contributed by atoms with Gasteiger partial charge in [0.05, 0.1) is 5.69 Å². The van der Waals surface area contributed by atoms with Crippen molar-refractivity contribution in [3.8, 4) is 0 Å². The Bertz CT molecular complexity index is 1060. The zero-order valence-electron chi connectivity index (χ0n) is 23.2. The predicted octanol–water partition coefficient (Wildman–Crippen LogP) is 9.91. The van der Waals surface area contributed by atoms with Gasteiger partial charge < -0.3 is 0 Å². The van der Waals surface area contributed by atoms with E-state index in [0.29, 0.717) is 5.92 Å². The fraction of sp³-hybridized carbons (Fsp3) is 0.531. The summed E-state index contributed by atoms with van der Waals surface area (Å²) in [6, 6.07) is 4.63. The number of hydrogen-bond acceptors (Lipinski definition) is 1. The van der Waals surface area contributed by atoms with E-state index < -0.39 is 0 Å². The summed E-state index contributed by atoms with van der Waals surface area (Å²) in [4.78, 5) is 4.96. The minimum absolute atomic E-state index is 0.00972. The third-order valence-corrected chi connectivity index (χ3v) is 6.73. The summed E-state index contributed by atoms with van der Waals surface area (Å²) >= 11 is 0. The van der Waals surface area contributed by atoms with Crippen LogP contribution in [0.2, 0.25) is 0 Å². The largest absolute Gasteiger partial charge is 0.256 e. The molecule has 0 saturated heterocycles. The van der Waals surface area contributed by atoms with Gasteiger partial charge in [0.15, 0.2) is 0 Å². The molecule has 2 aliphatic carbocycles. The topological polar surface area (TPSA) is 12.9 Å². The van der Waals surface area contributed by atoms with Crippen LogP contribution in [0.3, 0.4) is 0 Å². The van der Waals surface area contributed by atoms with Crippen molar-refractivity contribution in [1.29, 1.82) is 0 Å². The lowest BCUT2D eigenvalue weighted by molar-refractivity contribution is 0.592. The second kappa shape index (κ2) is 11.3. The van der Waals surface area contributed by atoms with Gasteiger partial charge in [-0.05, 0) is 91.2 Å². The van der Waals surface area contributed by atoms with Crippen LogP contribution in [0.4, 0.5) is 0 Å². The molecule has 4 rings (SSSR count). The zero-order chi connectivity index (χ0) is 24.9. The fourth-order valence-corrected chi connectivity index (χ4v) is 5.23. The third-order valence-electron chi connectivity index (χ3n) is 6.73. The van der Waals surface area contributed by atoms with E-state index in [1.54, 1.807) is 0 Å². The van der Waals surface area contributed by atoms with E-state index >= 15 is 0 Å². The molecule has 1 aromatic heterocycles. The summed E-state index contributed by atoms with van der Waals surface area (Å²) in [6.07, 6.45) is 12.5. The Morgan fingerprint density at radius 1 is 1.09 bits per heavy atom. The maximum atomic E-state index is 4.96. The first-order valence-corrected chi connectivity index (χ1v) is 13.1. The van der Waals surface area contributed by atoms with Gasteiger partial charge in [-0.2, -0.15) is 0 Å². The first-order chi connectivity index (χ1) is 15.6. The normalized spacial score (nSPS) is 18.4. The van der Waals surface area contributed by atoms with Gasteiger partial charge in [-0.3, -0.25) is 4.98 Å². The summed E-state index contributed by atoms with van der Waals surface area (Å²) in [5, 5.41) is 2.77. The van der Waals surface area contributed by atoms with E-state index in [2.05, 4.69) is 92.7 Å². The molecule has 1 aromatic carbocycles. The van der Waals surface area contributed by atoms with Crippen LogP contribution in [-0.4, -0.2) is 4.98 Å². The molecular weight excluding hydrogens is 398 g/mol. The highest BCUT2D eigenvalue weighted by atomic mass is 14.7. The molecule has 1 unspecified atom stereocenters. The summed E-state index contributed by atoms with van der Waals surface area (Å²) in [7, 11) is 0. The van der Waals surface area contributed by atoms with Crippen molar-refractivity contribution in [3.05, 3.63) is 70.1 Å². The Kier molecular flexibility index (Phi) is 9.29. The van der Waals surface area contributed by atoms with Crippen molar-refractivity contribution in [1.82, 2.24) is 4.98 Å². The number of pyridine rings is 1. The van der Waals surface area contributed by atoms with Crippen LogP contribution in [0.15, 0.2) is 47.7 Å². The highest BCUT2D eigenvalue weighted by Crippen LogP contribution is 2.54. The van der Waals surface area contributed by atoms with Crippen molar-refractivity contribution < 1.29 is 0 Å². The lowest BCUT2D eigenvalue weighted by Crippen LogP contribution is -2.30. The summed E-state index contributed by atoms with van der Waals surface area (Å²) < 4.78 is 0. The molecule has 2 aromatic rings. The van der Waals surface area contributed by atoms with Crippen molar-refractivity contribution in [2.75, 3.05) is 0 Å². The minimum atomic E-state index is 0.00972. The molecule has 0 N–H and O–H groups in total. The molecule has 0 aliphatic heterocycles. The number of aromatic nitrogens is 1. The number of nitrogens with zero attached hydrogens (tertiary/aromatic N) is 1. The van der Waals surface area contributed by atoms with E-state index in [0.717, 1.165) is 25.2 Å². The third kappa shape index (κ3) is 5.34. The zero-order valence-corrected chi connectivity index (χ0v) is 23.2. The average Bonchev–Trinajstić information content (AvgIpc) is 2.77. The van der Waals surface area contributed by atoms with Crippen molar-refractivity contribution in [3.63, 3.8) is 0 Å².